The van der Waals surface area contributed by atoms with E-state index in [1.54, 1.807) is 39.8 Å². The van der Waals surface area contributed by atoms with Crippen LogP contribution >= 0.6 is 11.3 Å². The van der Waals surface area contributed by atoms with Crippen molar-refractivity contribution in [2.75, 3.05) is 25.0 Å². The number of amides is 1. The Morgan fingerprint density at radius 1 is 1.09 bits per heavy atom. The molecule has 0 bridgehead atoms. The minimum Gasteiger partial charge on any atom is -0.492 e. The number of thiazole rings is 1. The largest absolute Gasteiger partial charge is 0.492 e. The topological polar surface area (TPSA) is 88.6 Å². The van der Waals surface area contributed by atoms with Crippen LogP contribution in [0.5, 0.6) is 5.75 Å². The molecular weight excluding hydrogens is 446 g/mol. The number of hydrogen-bond donors (Lipinski definition) is 1. The molecule has 9 heteroatoms. The zero-order valence-electron chi connectivity index (χ0n) is 18.6. The van der Waals surface area contributed by atoms with Crippen LogP contribution in [-0.4, -0.2) is 43.3 Å². The zero-order chi connectivity index (χ0) is 23.3. The SMILES string of the molecule is CCOc1ccc(NC(=O)c2sc(-c3ccccc3)nc2C)cc1S(=O)(=O)N(CC)CC. The third-order valence-electron chi connectivity index (χ3n) is 4.85. The molecule has 1 heterocycles. The molecule has 3 aromatic rings. The van der Waals surface area contributed by atoms with Crippen molar-refractivity contribution < 1.29 is 17.9 Å². The second kappa shape index (κ2) is 10.2. The van der Waals surface area contributed by atoms with Gasteiger partial charge in [-0.15, -0.1) is 11.3 Å². The molecule has 0 atom stereocenters. The van der Waals surface area contributed by atoms with Crippen LogP contribution in [0.3, 0.4) is 0 Å². The Labute approximate surface area is 193 Å². The highest BCUT2D eigenvalue weighted by Crippen LogP contribution is 2.32. The molecule has 0 saturated heterocycles. The summed E-state index contributed by atoms with van der Waals surface area (Å²) in [4.78, 5) is 18.0. The Balaban J connectivity index is 1.93. The first-order valence-electron chi connectivity index (χ1n) is 10.4. The van der Waals surface area contributed by atoms with E-state index in [-0.39, 0.29) is 16.6 Å². The van der Waals surface area contributed by atoms with Crippen LogP contribution in [0.15, 0.2) is 53.4 Å². The van der Waals surface area contributed by atoms with Crippen molar-refractivity contribution in [1.82, 2.24) is 9.29 Å². The van der Waals surface area contributed by atoms with Gasteiger partial charge in [0.15, 0.2) is 0 Å². The number of aryl methyl sites for hydroxylation is 1. The number of ether oxygens (including phenoxy) is 1. The van der Waals surface area contributed by atoms with Gasteiger partial charge in [-0.25, -0.2) is 13.4 Å². The lowest BCUT2D eigenvalue weighted by molar-refractivity contribution is 0.102. The summed E-state index contributed by atoms with van der Waals surface area (Å²) < 4.78 is 33.2. The molecule has 0 aliphatic rings. The fourth-order valence-electron chi connectivity index (χ4n) is 3.26. The molecule has 170 valence electrons. The van der Waals surface area contributed by atoms with Gasteiger partial charge in [-0.05, 0) is 32.0 Å². The number of sulfonamides is 1. The van der Waals surface area contributed by atoms with E-state index in [0.717, 1.165) is 10.6 Å². The van der Waals surface area contributed by atoms with Gasteiger partial charge in [-0.2, -0.15) is 4.31 Å². The van der Waals surface area contributed by atoms with Gasteiger partial charge in [0.2, 0.25) is 10.0 Å². The number of carbonyl (C=O) groups is 1. The number of benzene rings is 2. The van der Waals surface area contributed by atoms with Gasteiger partial charge in [-0.1, -0.05) is 44.2 Å². The van der Waals surface area contributed by atoms with Crippen LogP contribution in [0.25, 0.3) is 10.6 Å². The standard InChI is InChI=1S/C23H27N3O4S2/c1-5-26(6-2)32(28,29)20-15-18(13-14-19(20)30-7-3)25-22(27)21-16(4)24-23(31-21)17-11-9-8-10-12-17/h8-15H,5-7H2,1-4H3,(H,25,27). The molecule has 0 radical (unpaired) electrons. The summed E-state index contributed by atoms with van der Waals surface area (Å²) in [6.45, 7) is 8.14. The maximum absolute atomic E-state index is 13.1. The van der Waals surface area contributed by atoms with Crippen molar-refractivity contribution in [2.45, 2.75) is 32.6 Å². The summed E-state index contributed by atoms with van der Waals surface area (Å²) >= 11 is 1.30. The highest BCUT2D eigenvalue weighted by atomic mass is 32.2. The number of nitrogens with one attached hydrogen (secondary N) is 1. The maximum atomic E-state index is 13.1. The van der Waals surface area contributed by atoms with Crippen LogP contribution in [-0.2, 0) is 10.0 Å². The van der Waals surface area contributed by atoms with Crippen LogP contribution in [0.4, 0.5) is 5.69 Å². The molecule has 2 aromatic carbocycles. The van der Waals surface area contributed by atoms with Gasteiger partial charge >= 0.3 is 0 Å². The fourth-order valence-corrected chi connectivity index (χ4v) is 5.85. The van der Waals surface area contributed by atoms with E-state index in [1.165, 1.54) is 21.7 Å². The predicted molar refractivity (Wildman–Crippen MR) is 128 cm³/mol. The lowest BCUT2D eigenvalue weighted by Crippen LogP contribution is -2.31. The second-order valence-corrected chi connectivity index (χ2v) is 9.84. The number of hydrogen-bond acceptors (Lipinski definition) is 6. The van der Waals surface area contributed by atoms with Crippen molar-refractivity contribution in [3.05, 3.63) is 59.1 Å². The smallest absolute Gasteiger partial charge is 0.267 e. The van der Waals surface area contributed by atoms with Crippen LogP contribution in [0.2, 0.25) is 0 Å². The van der Waals surface area contributed by atoms with E-state index >= 15 is 0 Å². The summed E-state index contributed by atoms with van der Waals surface area (Å²) in [6, 6.07) is 14.3. The molecule has 0 unspecified atom stereocenters. The van der Waals surface area contributed by atoms with Gasteiger partial charge in [0.05, 0.1) is 12.3 Å². The highest BCUT2D eigenvalue weighted by Gasteiger charge is 2.27. The second-order valence-electron chi connectivity index (χ2n) is 6.94. The predicted octanol–water partition coefficient (Wildman–Crippen LogP) is 4.80. The number of nitrogens with zero attached hydrogens (tertiary/aromatic N) is 2. The molecule has 0 spiro atoms. The zero-order valence-corrected chi connectivity index (χ0v) is 20.2. The van der Waals surface area contributed by atoms with Gasteiger partial charge < -0.3 is 10.1 Å². The molecule has 0 saturated carbocycles. The fraction of sp³-hybridized carbons (Fsp3) is 0.304. The van der Waals surface area contributed by atoms with Gasteiger partial charge in [0.25, 0.3) is 5.91 Å². The average Bonchev–Trinajstić information content (AvgIpc) is 3.18. The van der Waals surface area contributed by atoms with E-state index in [2.05, 4.69) is 10.3 Å². The maximum Gasteiger partial charge on any atom is 0.267 e. The minimum absolute atomic E-state index is 0.0341. The first kappa shape index (κ1) is 23.9. The Morgan fingerprint density at radius 2 is 1.78 bits per heavy atom. The number of carbonyl (C=O) groups excluding carboxylic acids is 1. The summed E-state index contributed by atoms with van der Waals surface area (Å²) in [5, 5.41) is 3.57. The molecule has 3 rings (SSSR count). The van der Waals surface area contributed by atoms with Gasteiger partial charge in [0, 0.05) is 24.3 Å². The molecule has 0 aliphatic heterocycles. The third-order valence-corrected chi connectivity index (χ3v) is 8.12. The van der Waals surface area contributed by atoms with Gasteiger partial charge in [0.1, 0.15) is 20.5 Å². The van der Waals surface area contributed by atoms with Crippen molar-refractivity contribution in [3.8, 4) is 16.3 Å². The van der Waals surface area contributed by atoms with Crippen LogP contribution in [0.1, 0.15) is 36.1 Å². The summed E-state index contributed by atoms with van der Waals surface area (Å²) in [5.41, 5.74) is 1.93. The van der Waals surface area contributed by atoms with Crippen molar-refractivity contribution in [1.29, 1.82) is 0 Å². The molecule has 0 fully saturated rings. The monoisotopic (exact) mass is 473 g/mol. The van der Waals surface area contributed by atoms with Crippen LogP contribution in [0, 0.1) is 6.92 Å². The Kier molecular flexibility index (Phi) is 7.65. The first-order valence-corrected chi connectivity index (χ1v) is 12.7. The van der Waals surface area contributed by atoms with Crippen molar-refractivity contribution in [3.63, 3.8) is 0 Å². The molecule has 32 heavy (non-hydrogen) atoms. The summed E-state index contributed by atoms with van der Waals surface area (Å²) in [5.74, 6) is -0.0738. The van der Waals surface area contributed by atoms with Gasteiger partial charge in [-0.3, -0.25) is 4.79 Å². The number of rotatable bonds is 9. The normalized spacial score (nSPS) is 11.5. The van der Waals surface area contributed by atoms with Crippen molar-refractivity contribution in [2.24, 2.45) is 0 Å². The first-order chi connectivity index (χ1) is 15.3. The van der Waals surface area contributed by atoms with E-state index in [9.17, 15) is 13.2 Å². The average molecular weight is 474 g/mol. The van der Waals surface area contributed by atoms with Crippen LogP contribution < -0.4 is 10.1 Å². The van der Waals surface area contributed by atoms with E-state index in [4.69, 9.17) is 4.74 Å². The molecule has 1 N–H and O–H groups in total. The summed E-state index contributed by atoms with van der Waals surface area (Å²) in [7, 11) is -3.77. The number of aromatic nitrogens is 1. The summed E-state index contributed by atoms with van der Waals surface area (Å²) in [6.07, 6.45) is 0. The molecule has 1 amide bonds. The Bertz CT molecular complexity index is 1190. The lowest BCUT2D eigenvalue weighted by Gasteiger charge is -2.21. The highest BCUT2D eigenvalue weighted by molar-refractivity contribution is 7.89. The van der Waals surface area contributed by atoms with E-state index in [0.29, 0.717) is 36.0 Å². The van der Waals surface area contributed by atoms with Crippen molar-refractivity contribution >= 4 is 33.0 Å². The van der Waals surface area contributed by atoms with E-state index < -0.39 is 10.0 Å². The Hall–Kier alpha value is -2.75. The molecule has 0 aliphatic carbocycles. The molecule has 1 aromatic heterocycles. The minimum atomic E-state index is -3.77. The Morgan fingerprint density at radius 3 is 2.41 bits per heavy atom. The third kappa shape index (κ3) is 5.01. The van der Waals surface area contributed by atoms with E-state index in [1.807, 2.05) is 30.3 Å². The number of anilines is 1. The lowest BCUT2D eigenvalue weighted by atomic mass is 10.2. The molecule has 7 nitrogen and oxygen atoms in total. The molecular formula is C23H27N3O4S2. The quantitative estimate of drug-likeness (QED) is 0.482.